The quantitative estimate of drug-likeness (QED) is 0.600. The number of aromatic nitrogens is 1. The molecule has 6 heteroatoms. The molecule has 1 aliphatic carbocycles. The Kier molecular flexibility index (Phi) is 5.34. The second-order valence-corrected chi connectivity index (χ2v) is 9.43. The number of hydrogen-bond donors (Lipinski definition) is 1. The topological polar surface area (TPSA) is 60.8 Å². The Hall–Kier alpha value is -2.25. The van der Waals surface area contributed by atoms with E-state index >= 15 is 0 Å². The van der Waals surface area contributed by atoms with Gasteiger partial charge in [0.05, 0.1) is 30.9 Å². The zero-order valence-electron chi connectivity index (χ0n) is 17.9. The first-order valence-corrected chi connectivity index (χ1v) is 11.6. The van der Waals surface area contributed by atoms with E-state index in [0.717, 1.165) is 32.5 Å². The van der Waals surface area contributed by atoms with Gasteiger partial charge in [0.15, 0.2) is 5.79 Å². The van der Waals surface area contributed by atoms with Gasteiger partial charge < -0.3 is 19.3 Å². The van der Waals surface area contributed by atoms with Crippen LogP contribution in [0.1, 0.15) is 36.3 Å². The van der Waals surface area contributed by atoms with Crippen LogP contribution < -0.4 is 4.74 Å². The Balaban J connectivity index is 1.53. The molecule has 1 aliphatic heterocycles. The summed E-state index contributed by atoms with van der Waals surface area (Å²) >= 11 is 1.59. The van der Waals surface area contributed by atoms with Crippen molar-refractivity contribution in [2.75, 3.05) is 20.3 Å². The number of rotatable bonds is 4. The maximum atomic E-state index is 11.6. The van der Waals surface area contributed by atoms with Gasteiger partial charge in [-0.05, 0) is 49.6 Å². The van der Waals surface area contributed by atoms with Crippen LogP contribution in [0.5, 0.6) is 5.75 Å². The second-order valence-electron chi connectivity index (χ2n) is 8.43. The fourth-order valence-electron chi connectivity index (χ4n) is 4.41. The van der Waals surface area contributed by atoms with Gasteiger partial charge in [0.1, 0.15) is 16.4 Å². The van der Waals surface area contributed by atoms with Crippen LogP contribution in [0.4, 0.5) is 0 Å². The van der Waals surface area contributed by atoms with E-state index in [1.54, 1.807) is 18.4 Å². The van der Waals surface area contributed by atoms with E-state index in [1.165, 1.54) is 5.56 Å². The normalized spacial score (nSPS) is 19.6. The summed E-state index contributed by atoms with van der Waals surface area (Å²) in [5.74, 6) is 0.297. The maximum absolute atomic E-state index is 11.6. The molecule has 2 fully saturated rings. The second kappa shape index (κ2) is 8.02. The molecule has 2 aliphatic rings. The molecular weight excluding hydrogens is 410 g/mol. The van der Waals surface area contributed by atoms with E-state index in [4.69, 9.17) is 19.2 Å². The van der Waals surface area contributed by atoms with Crippen molar-refractivity contribution >= 4 is 11.3 Å². The molecule has 1 saturated carbocycles. The molecule has 3 aromatic rings. The van der Waals surface area contributed by atoms with Gasteiger partial charge in [-0.1, -0.05) is 29.8 Å². The molecule has 0 amide bonds. The van der Waals surface area contributed by atoms with Gasteiger partial charge in [-0.2, -0.15) is 0 Å². The van der Waals surface area contributed by atoms with E-state index in [1.807, 2.05) is 24.3 Å². The Labute approximate surface area is 186 Å². The SMILES string of the molecule is COc1ccc(-c2nc(C3(O)CCC4(CC3)OCCO4)sc2-c2ccc(C)cc2)cc1. The summed E-state index contributed by atoms with van der Waals surface area (Å²) in [7, 11) is 1.66. The lowest BCUT2D eigenvalue weighted by atomic mass is 9.81. The lowest BCUT2D eigenvalue weighted by Gasteiger charge is -2.39. The van der Waals surface area contributed by atoms with Crippen LogP contribution in [-0.4, -0.2) is 36.2 Å². The molecule has 31 heavy (non-hydrogen) atoms. The summed E-state index contributed by atoms with van der Waals surface area (Å²) in [4.78, 5) is 6.06. The summed E-state index contributed by atoms with van der Waals surface area (Å²) in [5.41, 5.74) is 3.27. The number of ether oxygens (including phenoxy) is 3. The predicted molar refractivity (Wildman–Crippen MR) is 121 cm³/mol. The van der Waals surface area contributed by atoms with Crippen molar-refractivity contribution in [2.45, 2.75) is 44.0 Å². The Morgan fingerprint density at radius 1 is 0.903 bits per heavy atom. The number of nitrogens with zero attached hydrogens (tertiary/aromatic N) is 1. The van der Waals surface area contributed by atoms with Crippen LogP contribution >= 0.6 is 11.3 Å². The largest absolute Gasteiger partial charge is 0.497 e. The van der Waals surface area contributed by atoms with Gasteiger partial charge in [0, 0.05) is 18.4 Å². The lowest BCUT2D eigenvalue weighted by Crippen LogP contribution is -2.42. The number of thiazole rings is 1. The average Bonchev–Trinajstić information content (AvgIpc) is 3.45. The van der Waals surface area contributed by atoms with Crippen LogP contribution in [0, 0.1) is 6.92 Å². The summed E-state index contributed by atoms with van der Waals surface area (Å²) in [6.07, 6.45) is 2.52. The summed E-state index contributed by atoms with van der Waals surface area (Å²) < 4.78 is 17.0. The third-order valence-electron chi connectivity index (χ3n) is 6.35. The Bertz CT molecular complexity index is 1040. The van der Waals surface area contributed by atoms with E-state index < -0.39 is 11.4 Å². The molecule has 1 aromatic heterocycles. The zero-order valence-corrected chi connectivity index (χ0v) is 18.7. The first kappa shape index (κ1) is 20.6. The van der Waals surface area contributed by atoms with Crippen LogP contribution in [0.15, 0.2) is 48.5 Å². The van der Waals surface area contributed by atoms with Crippen LogP contribution in [0.3, 0.4) is 0 Å². The third kappa shape index (κ3) is 3.89. The molecule has 0 unspecified atom stereocenters. The highest BCUT2D eigenvalue weighted by atomic mass is 32.1. The van der Waals surface area contributed by atoms with Crippen LogP contribution in [-0.2, 0) is 15.1 Å². The molecule has 1 spiro atoms. The van der Waals surface area contributed by atoms with E-state index in [-0.39, 0.29) is 0 Å². The minimum absolute atomic E-state index is 0.512. The monoisotopic (exact) mass is 437 g/mol. The average molecular weight is 438 g/mol. The number of aliphatic hydroxyl groups is 1. The van der Waals surface area contributed by atoms with E-state index in [0.29, 0.717) is 38.9 Å². The standard InChI is InChI=1S/C25H27NO4S/c1-17-3-5-19(6-4-17)22-21(18-7-9-20(28-2)10-8-18)26-23(31-22)24(27)11-13-25(14-12-24)29-15-16-30-25/h3-10,27H,11-16H2,1-2H3. The van der Waals surface area contributed by atoms with Crippen molar-refractivity contribution < 1.29 is 19.3 Å². The zero-order chi connectivity index (χ0) is 21.5. The smallest absolute Gasteiger partial charge is 0.168 e. The minimum Gasteiger partial charge on any atom is -0.497 e. The van der Waals surface area contributed by atoms with Gasteiger partial charge in [-0.15, -0.1) is 11.3 Å². The van der Waals surface area contributed by atoms with Gasteiger partial charge >= 0.3 is 0 Å². The first-order valence-electron chi connectivity index (χ1n) is 10.7. The fraction of sp³-hybridized carbons (Fsp3) is 0.400. The van der Waals surface area contributed by atoms with Crippen LogP contribution in [0.2, 0.25) is 0 Å². The van der Waals surface area contributed by atoms with Gasteiger partial charge in [-0.3, -0.25) is 0 Å². The molecule has 1 N–H and O–H groups in total. The Morgan fingerprint density at radius 2 is 1.52 bits per heavy atom. The number of hydrogen-bond acceptors (Lipinski definition) is 6. The summed E-state index contributed by atoms with van der Waals surface area (Å²) in [5, 5.41) is 12.3. The van der Waals surface area contributed by atoms with Crippen molar-refractivity contribution in [1.82, 2.24) is 4.98 Å². The third-order valence-corrected chi connectivity index (χ3v) is 7.65. The predicted octanol–water partition coefficient (Wildman–Crippen LogP) is 5.30. The highest BCUT2D eigenvalue weighted by molar-refractivity contribution is 7.15. The van der Waals surface area contributed by atoms with Crippen molar-refractivity contribution in [2.24, 2.45) is 0 Å². The molecular formula is C25H27NO4S. The molecule has 1 saturated heterocycles. The molecule has 2 aromatic carbocycles. The van der Waals surface area contributed by atoms with E-state index in [2.05, 4.69) is 31.2 Å². The maximum Gasteiger partial charge on any atom is 0.168 e. The first-order chi connectivity index (χ1) is 15.0. The van der Waals surface area contributed by atoms with Gasteiger partial charge in [0.25, 0.3) is 0 Å². The molecule has 5 rings (SSSR count). The lowest BCUT2D eigenvalue weighted by molar-refractivity contribution is -0.204. The van der Waals surface area contributed by atoms with Crippen molar-refractivity contribution in [3.8, 4) is 27.4 Å². The fourth-order valence-corrected chi connectivity index (χ4v) is 5.65. The van der Waals surface area contributed by atoms with Gasteiger partial charge in [-0.25, -0.2) is 4.98 Å². The number of aryl methyl sites for hydroxylation is 1. The van der Waals surface area contributed by atoms with Gasteiger partial charge in [0.2, 0.25) is 0 Å². The summed E-state index contributed by atoms with van der Waals surface area (Å²) in [6, 6.07) is 16.4. The molecule has 162 valence electrons. The minimum atomic E-state index is -0.963. The molecule has 0 bridgehead atoms. The van der Waals surface area contributed by atoms with Crippen molar-refractivity contribution in [3.63, 3.8) is 0 Å². The van der Waals surface area contributed by atoms with Crippen LogP contribution in [0.25, 0.3) is 21.7 Å². The summed E-state index contributed by atoms with van der Waals surface area (Å²) in [6.45, 7) is 3.35. The molecule has 0 atom stereocenters. The van der Waals surface area contributed by atoms with Crippen molar-refractivity contribution in [3.05, 3.63) is 59.1 Å². The molecule has 2 heterocycles. The number of benzene rings is 2. The molecule has 0 radical (unpaired) electrons. The molecule has 5 nitrogen and oxygen atoms in total. The highest BCUT2D eigenvalue weighted by Crippen LogP contribution is 2.48. The van der Waals surface area contributed by atoms with Crippen molar-refractivity contribution in [1.29, 1.82) is 0 Å². The Morgan fingerprint density at radius 3 is 2.13 bits per heavy atom. The highest BCUT2D eigenvalue weighted by Gasteiger charge is 2.47. The number of methoxy groups -OCH3 is 1. The van der Waals surface area contributed by atoms with E-state index in [9.17, 15) is 5.11 Å².